The van der Waals surface area contributed by atoms with Gasteiger partial charge in [0.15, 0.2) is 17.3 Å². The topological polar surface area (TPSA) is 60.7 Å². The molecular formula is C15H16BrNO4. The van der Waals surface area contributed by atoms with Gasteiger partial charge in [-0.25, -0.2) is 0 Å². The van der Waals surface area contributed by atoms with E-state index in [1.165, 1.54) is 6.26 Å². The zero-order chi connectivity index (χ0) is 15.4. The molecule has 1 heterocycles. The van der Waals surface area contributed by atoms with Crippen molar-refractivity contribution in [2.75, 3.05) is 14.2 Å². The predicted octanol–water partition coefficient (Wildman–Crippen LogP) is 3.55. The van der Waals surface area contributed by atoms with Gasteiger partial charge in [0.2, 0.25) is 0 Å². The van der Waals surface area contributed by atoms with Crippen molar-refractivity contribution in [3.8, 4) is 11.5 Å². The molecular weight excluding hydrogens is 338 g/mol. The monoisotopic (exact) mass is 353 g/mol. The Bertz CT molecular complexity index is 625. The number of halogens is 1. The zero-order valence-electron chi connectivity index (χ0n) is 12.0. The summed E-state index contributed by atoms with van der Waals surface area (Å²) in [4.78, 5) is 12.0. The molecule has 0 radical (unpaired) electrons. The molecule has 1 aromatic carbocycles. The molecule has 1 N–H and O–H groups in total. The third kappa shape index (κ3) is 3.39. The fourth-order valence-corrected chi connectivity index (χ4v) is 2.62. The number of carbonyl (C=O) groups excluding carboxylic acids is 1. The van der Waals surface area contributed by atoms with Gasteiger partial charge in [0.25, 0.3) is 5.91 Å². The number of amides is 1. The van der Waals surface area contributed by atoms with Crippen LogP contribution in [0.1, 0.15) is 29.1 Å². The molecule has 0 bridgehead atoms. The smallest absolute Gasteiger partial charge is 0.287 e. The van der Waals surface area contributed by atoms with Gasteiger partial charge in [0.05, 0.1) is 26.5 Å². The Labute approximate surface area is 131 Å². The van der Waals surface area contributed by atoms with E-state index in [4.69, 9.17) is 13.9 Å². The number of benzene rings is 1. The van der Waals surface area contributed by atoms with E-state index in [9.17, 15) is 4.79 Å². The third-order valence-electron chi connectivity index (χ3n) is 3.06. The van der Waals surface area contributed by atoms with Crippen LogP contribution in [-0.2, 0) is 0 Å². The van der Waals surface area contributed by atoms with E-state index in [1.54, 1.807) is 26.4 Å². The fraction of sp³-hybridized carbons (Fsp3) is 0.267. The molecule has 0 aliphatic heterocycles. The molecule has 0 aliphatic carbocycles. The van der Waals surface area contributed by atoms with Crippen molar-refractivity contribution in [1.29, 1.82) is 0 Å². The van der Waals surface area contributed by atoms with Gasteiger partial charge >= 0.3 is 0 Å². The average molecular weight is 354 g/mol. The molecule has 0 spiro atoms. The first kappa shape index (κ1) is 15.4. The van der Waals surface area contributed by atoms with Gasteiger partial charge in [0.1, 0.15) is 0 Å². The number of ether oxygens (including phenoxy) is 2. The molecule has 0 aliphatic rings. The summed E-state index contributed by atoms with van der Waals surface area (Å²) in [6.07, 6.45) is 1.46. The number of methoxy groups -OCH3 is 2. The first-order chi connectivity index (χ1) is 10.1. The molecule has 1 amide bonds. The van der Waals surface area contributed by atoms with Crippen LogP contribution < -0.4 is 14.8 Å². The summed E-state index contributed by atoms with van der Waals surface area (Å²) < 4.78 is 16.4. The first-order valence-corrected chi connectivity index (χ1v) is 7.12. The molecule has 1 atom stereocenters. The minimum Gasteiger partial charge on any atom is -0.493 e. The van der Waals surface area contributed by atoms with E-state index < -0.39 is 0 Å². The normalized spacial score (nSPS) is 11.8. The number of rotatable bonds is 5. The maximum atomic E-state index is 12.0. The number of carbonyl (C=O) groups is 1. The number of hydrogen-bond acceptors (Lipinski definition) is 4. The van der Waals surface area contributed by atoms with Crippen molar-refractivity contribution in [2.45, 2.75) is 13.0 Å². The summed E-state index contributed by atoms with van der Waals surface area (Å²) in [7, 11) is 3.15. The van der Waals surface area contributed by atoms with Gasteiger partial charge < -0.3 is 19.2 Å². The van der Waals surface area contributed by atoms with Crippen LogP contribution in [0.4, 0.5) is 0 Å². The van der Waals surface area contributed by atoms with Crippen molar-refractivity contribution in [3.63, 3.8) is 0 Å². The minimum absolute atomic E-state index is 0.225. The summed E-state index contributed by atoms with van der Waals surface area (Å²) in [5.41, 5.74) is 0.882. The Kier molecular flexibility index (Phi) is 4.90. The second-order valence-electron chi connectivity index (χ2n) is 4.40. The van der Waals surface area contributed by atoms with E-state index >= 15 is 0 Å². The second kappa shape index (κ2) is 6.67. The Morgan fingerprint density at radius 1 is 1.29 bits per heavy atom. The fourth-order valence-electron chi connectivity index (χ4n) is 1.96. The van der Waals surface area contributed by atoms with Crippen molar-refractivity contribution in [1.82, 2.24) is 5.32 Å². The van der Waals surface area contributed by atoms with Gasteiger partial charge in [0, 0.05) is 4.47 Å². The highest BCUT2D eigenvalue weighted by Crippen LogP contribution is 2.35. The van der Waals surface area contributed by atoms with Crippen LogP contribution in [0.15, 0.2) is 39.4 Å². The maximum Gasteiger partial charge on any atom is 0.287 e. The van der Waals surface area contributed by atoms with Crippen LogP contribution in [0.5, 0.6) is 11.5 Å². The lowest BCUT2D eigenvalue weighted by Gasteiger charge is -2.18. The van der Waals surface area contributed by atoms with Crippen LogP contribution in [0.3, 0.4) is 0 Å². The second-order valence-corrected chi connectivity index (χ2v) is 5.26. The summed E-state index contributed by atoms with van der Waals surface area (Å²) in [6, 6.07) is 6.70. The molecule has 0 saturated carbocycles. The van der Waals surface area contributed by atoms with Crippen LogP contribution in [0, 0.1) is 0 Å². The summed E-state index contributed by atoms with van der Waals surface area (Å²) >= 11 is 3.48. The average Bonchev–Trinajstić information content (AvgIpc) is 3.00. The minimum atomic E-state index is -0.269. The number of nitrogens with one attached hydrogen (secondary N) is 1. The van der Waals surface area contributed by atoms with Crippen LogP contribution >= 0.6 is 15.9 Å². The molecule has 1 aromatic heterocycles. The van der Waals surface area contributed by atoms with Gasteiger partial charge in [-0.05, 0) is 36.8 Å². The standard InChI is InChI=1S/C15H16BrNO4/c1-9(17-15(18)12-5-4-6-21-12)10-7-13(19-2)14(20-3)8-11(10)16/h4-9H,1-3H3,(H,17,18)/t9-/m0/s1. The number of hydrogen-bond donors (Lipinski definition) is 1. The van der Waals surface area contributed by atoms with E-state index in [0.717, 1.165) is 10.0 Å². The SMILES string of the molecule is COc1cc(Br)c([C@H](C)NC(=O)c2ccco2)cc1OC. The summed E-state index contributed by atoms with van der Waals surface area (Å²) in [5.74, 6) is 1.24. The third-order valence-corrected chi connectivity index (χ3v) is 3.75. The van der Waals surface area contributed by atoms with E-state index in [1.807, 2.05) is 19.1 Å². The molecule has 2 aromatic rings. The molecule has 112 valence electrons. The Morgan fingerprint density at radius 3 is 2.52 bits per heavy atom. The molecule has 2 rings (SSSR count). The maximum absolute atomic E-state index is 12.0. The van der Waals surface area contributed by atoms with Crippen molar-refractivity contribution < 1.29 is 18.7 Å². The largest absolute Gasteiger partial charge is 0.493 e. The quantitative estimate of drug-likeness (QED) is 0.892. The van der Waals surface area contributed by atoms with Crippen molar-refractivity contribution in [3.05, 3.63) is 46.3 Å². The Morgan fingerprint density at radius 2 is 1.95 bits per heavy atom. The lowest BCUT2D eigenvalue weighted by atomic mass is 10.1. The van der Waals surface area contributed by atoms with Gasteiger partial charge in [-0.15, -0.1) is 0 Å². The van der Waals surface area contributed by atoms with Crippen LogP contribution in [0.25, 0.3) is 0 Å². The van der Waals surface area contributed by atoms with Crippen LogP contribution in [0.2, 0.25) is 0 Å². The van der Waals surface area contributed by atoms with Crippen LogP contribution in [-0.4, -0.2) is 20.1 Å². The number of furan rings is 1. The lowest BCUT2D eigenvalue weighted by Crippen LogP contribution is -2.26. The summed E-state index contributed by atoms with van der Waals surface area (Å²) in [5, 5.41) is 2.87. The first-order valence-electron chi connectivity index (χ1n) is 6.32. The van der Waals surface area contributed by atoms with E-state index in [2.05, 4.69) is 21.2 Å². The predicted molar refractivity (Wildman–Crippen MR) is 81.8 cm³/mol. The molecule has 6 heteroatoms. The molecule has 0 fully saturated rings. The molecule has 5 nitrogen and oxygen atoms in total. The highest BCUT2D eigenvalue weighted by atomic mass is 79.9. The molecule has 0 saturated heterocycles. The highest BCUT2D eigenvalue weighted by molar-refractivity contribution is 9.10. The lowest BCUT2D eigenvalue weighted by molar-refractivity contribution is 0.0911. The Balaban J connectivity index is 2.22. The van der Waals surface area contributed by atoms with Gasteiger partial charge in [-0.2, -0.15) is 0 Å². The van der Waals surface area contributed by atoms with Gasteiger partial charge in [-0.1, -0.05) is 15.9 Å². The molecule has 21 heavy (non-hydrogen) atoms. The molecule has 0 unspecified atom stereocenters. The Hall–Kier alpha value is -1.95. The van der Waals surface area contributed by atoms with E-state index in [-0.39, 0.29) is 17.7 Å². The summed E-state index contributed by atoms with van der Waals surface area (Å²) in [6.45, 7) is 1.88. The van der Waals surface area contributed by atoms with Crippen molar-refractivity contribution in [2.24, 2.45) is 0 Å². The van der Waals surface area contributed by atoms with Crippen molar-refractivity contribution >= 4 is 21.8 Å². The highest BCUT2D eigenvalue weighted by Gasteiger charge is 2.18. The van der Waals surface area contributed by atoms with E-state index in [0.29, 0.717) is 11.5 Å². The zero-order valence-corrected chi connectivity index (χ0v) is 13.6. The van der Waals surface area contributed by atoms with Gasteiger partial charge in [-0.3, -0.25) is 4.79 Å².